The molecule has 24 heavy (non-hydrogen) atoms. The lowest BCUT2D eigenvalue weighted by Crippen LogP contribution is -2.11. The number of aryl methyl sites for hydroxylation is 1. The van der Waals surface area contributed by atoms with E-state index in [2.05, 4.69) is 15.5 Å². The van der Waals surface area contributed by atoms with Crippen molar-refractivity contribution in [1.29, 1.82) is 0 Å². The third-order valence-electron chi connectivity index (χ3n) is 3.36. The summed E-state index contributed by atoms with van der Waals surface area (Å²) in [5, 5.41) is 13.3. The normalized spacial score (nSPS) is 10.6. The van der Waals surface area contributed by atoms with Crippen LogP contribution in [0.4, 0.5) is 5.13 Å². The summed E-state index contributed by atoms with van der Waals surface area (Å²) in [6, 6.07) is 12.7. The molecule has 0 radical (unpaired) electrons. The molecule has 0 bridgehead atoms. The zero-order chi connectivity index (χ0) is 17.1. The number of carbonyl (C=O) groups is 1. The van der Waals surface area contributed by atoms with Gasteiger partial charge in [0.15, 0.2) is 0 Å². The van der Waals surface area contributed by atoms with Gasteiger partial charge >= 0.3 is 0 Å². The Morgan fingerprint density at radius 3 is 2.58 bits per heavy atom. The SMILES string of the molecule is Cc1ccc(C(=O)Nc2nnc(Cc3ccc(Cl)cc3Cl)s2)cc1. The molecule has 1 amide bonds. The van der Waals surface area contributed by atoms with E-state index in [-0.39, 0.29) is 5.91 Å². The number of nitrogens with one attached hydrogen (secondary N) is 1. The standard InChI is InChI=1S/C17H13Cl2N3OS/c1-10-2-4-11(5-3-10)16(23)20-17-22-21-15(24-17)8-12-6-7-13(18)9-14(12)19/h2-7,9H,8H2,1H3,(H,20,22,23). The monoisotopic (exact) mass is 377 g/mol. The van der Waals surface area contributed by atoms with Crippen LogP contribution >= 0.6 is 34.5 Å². The first-order chi connectivity index (χ1) is 11.5. The zero-order valence-corrected chi connectivity index (χ0v) is 15.0. The first-order valence-electron chi connectivity index (χ1n) is 7.15. The van der Waals surface area contributed by atoms with Crippen molar-refractivity contribution in [1.82, 2.24) is 10.2 Å². The van der Waals surface area contributed by atoms with Crippen molar-refractivity contribution in [3.8, 4) is 0 Å². The molecule has 0 saturated carbocycles. The molecule has 3 aromatic rings. The molecule has 3 rings (SSSR count). The van der Waals surface area contributed by atoms with E-state index in [9.17, 15) is 4.79 Å². The fourth-order valence-corrected chi connectivity index (χ4v) is 3.31. The molecule has 1 heterocycles. The molecule has 0 aliphatic rings. The van der Waals surface area contributed by atoms with Crippen LogP contribution in [0.1, 0.15) is 26.5 Å². The molecule has 0 atom stereocenters. The smallest absolute Gasteiger partial charge is 0.257 e. The van der Waals surface area contributed by atoms with E-state index in [0.717, 1.165) is 16.1 Å². The lowest BCUT2D eigenvalue weighted by Gasteiger charge is -2.02. The minimum Gasteiger partial charge on any atom is -0.296 e. The quantitative estimate of drug-likeness (QED) is 0.695. The van der Waals surface area contributed by atoms with E-state index in [0.29, 0.717) is 27.2 Å². The number of aromatic nitrogens is 2. The van der Waals surface area contributed by atoms with Crippen molar-refractivity contribution in [2.75, 3.05) is 5.32 Å². The molecule has 7 heteroatoms. The second-order valence-corrected chi connectivity index (χ2v) is 7.14. The summed E-state index contributed by atoms with van der Waals surface area (Å²) in [6.45, 7) is 1.97. The fraction of sp³-hybridized carbons (Fsp3) is 0.118. The summed E-state index contributed by atoms with van der Waals surface area (Å²) in [5.74, 6) is -0.206. The highest BCUT2D eigenvalue weighted by molar-refractivity contribution is 7.15. The number of anilines is 1. The van der Waals surface area contributed by atoms with E-state index in [1.54, 1.807) is 24.3 Å². The largest absolute Gasteiger partial charge is 0.296 e. The molecular formula is C17H13Cl2N3OS. The number of halogens is 2. The van der Waals surface area contributed by atoms with Crippen molar-refractivity contribution >= 4 is 45.6 Å². The maximum atomic E-state index is 12.2. The summed E-state index contributed by atoms with van der Waals surface area (Å²) < 4.78 is 0. The average molecular weight is 378 g/mol. The molecule has 1 N–H and O–H groups in total. The Kier molecular flexibility index (Phi) is 5.14. The van der Waals surface area contributed by atoms with Crippen molar-refractivity contribution in [3.63, 3.8) is 0 Å². The van der Waals surface area contributed by atoms with Crippen LogP contribution in [0.15, 0.2) is 42.5 Å². The first-order valence-corrected chi connectivity index (χ1v) is 8.73. The van der Waals surface area contributed by atoms with Crippen molar-refractivity contribution in [3.05, 3.63) is 74.2 Å². The molecule has 0 saturated heterocycles. The van der Waals surface area contributed by atoms with Gasteiger partial charge in [-0.05, 0) is 36.8 Å². The van der Waals surface area contributed by atoms with Crippen LogP contribution in [0.5, 0.6) is 0 Å². The Balaban J connectivity index is 1.69. The minimum atomic E-state index is -0.206. The summed E-state index contributed by atoms with van der Waals surface area (Å²) in [7, 11) is 0. The Morgan fingerprint density at radius 1 is 1.12 bits per heavy atom. The molecule has 4 nitrogen and oxygen atoms in total. The molecule has 0 aliphatic heterocycles. The Morgan fingerprint density at radius 2 is 1.88 bits per heavy atom. The Bertz CT molecular complexity index is 878. The van der Waals surface area contributed by atoms with Gasteiger partial charge in [-0.25, -0.2) is 0 Å². The van der Waals surface area contributed by atoms with Crippen molar-refractivity contribution < 1.29 is 4.79 Å². The molecule has 0 spiro atoms. The van der Waals surface area contributed by atoms with Crippen LogP contribution in [0.2, 0.25) is 10.0 Å². The second-order valence-electron chi connectivity index (χ2n) is 5.23. The van der Waals surface area contributed by atoms with Crippen LogP contribution in [-0.2, 0) is 6.42 Å². The molecule has 0 fully saturated rings. The average Bonchev–Trinajstić information content (AvgIpc) is 2.98. The van der Waals surface area contributed by atoms with Gasteiger partial charge in [0.05, 0.1) is 0 Å². The highest BCUT2D eigenvalue weighted by atomic mass is 35.5. The Labute approximate surface area is 153 Å². The summed E-state index contributed by atoms with van der Waals surface area (Å²) in [6.07, 6.45) is 0.536. The van der Waals surface area contributed by atoms with Crippen molar-refractivity contribution in [2.45, 2.75) is 13.3 Å². The number of nitrogens with zero attached hydrogens (tertiary/aromatic N) is 2. The minimum absolute atomic E-state index is 0.206. The molecule has 1 aromatic heterocycles. The predicted molar refractivity (Wildman–Crippen MR) is 98.3 cm³/mol. The number of hydrogen-bond acceptors (Lipinski definition) is 4. The van der Waals surface area contributed by atoms with Crippen LogP contribution < -0.4 is 5.32 Å². The zero-order valence-electron chi connectivity index (χ0n) is 12.7. The highest BCUT2D eigenvalue weighted by Gasteiger charge is 2.11. The molecule has 122 valence electrons. The molecule has 0 aliphatic carbocycles. The van der Waals surface area contributed by atoms with Gasteiger partial charge in [0.1, 0.15) is 5.01 Å². The molecule has 2 aromatic carbocycles. The maximum absolute atomic E-state index is 12.2. The van der Waals surface area contributed by atoms with Gasteiger partial charge < -0.3 is 0 Å². The van der Waals surface area contributed by atoms with E-state index >= 15 is 0 Å². The summed E-state index contributed by atoms with van der Waals surface area (Å²) in [4.78, 5) is 12.2. The van der Waals surface area contributed by atoms with Gasteiger partial charge in [0.2, 0.25) is 5.13 Å². The summed E-state index contributed by atoms with van der Waals surface area (Å²) >= 11 is 13.4. The molecule has 0 unspecified atom stereocenters. The van der Waals surface area contributed by atoms with Crippen molar-refractivity contribution in [2.24, 2.45) is 0 Å². The van der Waals surface area contributed by atoms with Crippen LogP contribution in [0.3, 0.4) is 0 Å². The van der Waals surface area contributed by atoms with E-state index < -0.39 is 0 Å². The van der Waals surface area contributed by atoms with Gasteiger partial charge in [-0.15, -0.1) is 10.2 Å². The predicted octanol–water partition coefficient (Wildman–Crippen LogP) is 5.00. The number of benzene rings is 2. The van der Waals surface area contributed by atoms with Crippen LogP contribution in [0.25, 0.3) is 0 Å². The lowest BCUT2D eigenvalue weighted by atomic mass is 10.1. The fourth-order valence-electron chi connectivity index (χ4n) is 2.08. The maximum Gasteiger partial charge on any atom is 0.257 e. The number of hydrogen-bond donors (Lipinski definition) is 1. The third-order valence-corrected chi connectivity index (χ3v) is 4.78. The van der Waals surface area contributed by atoms with Gasteiger partial charge in [-0.2, -0.15) is 0 Å². The molecular weight excluding hydrogens is 365 g/mol. The van der Waals surface area contributed by atoms with E-state index in [4.69, 9.17) is 23.2 Å². The van der Waals surface area contributed by atoms with Crippen LogP contribution in [0, 0.1) is 6.92 Å². The van der Waals surface area contributed by atoms with Crippen LogP contribution in [-0.4, -0.2) is 16.1 Å². The van der Waals surface area contributed by atoms with Gasteiger partial charge in [-0.1, -0.05) is 58.3 Å². The third kappa shape index (κ3) is 4.12. The lowest BCUT2D eigenvalue weighted by molar-refractivity contribution is 0.102. The van der Waals surface area contributed by atoms with Gasteiger partial charge in [0, 0.05) is 22.0 Å². The topological polar surface area (TPSA) is 54.9 Å². The summed E-state index contributed by atoms with van der Waals surface area (Å²) in [5.41, 5.74) is 2.59. The highest BCUT2D eigenvalue weighted by Crippen LogP contribution is 2.25. The number of rotatable bonds is 4. The van der Waals surface area contributed by atoms with E-state index in [1.807, 2.05) is 25.1 Å². The Hall–Kier alpha value is -1.95. The first kappa shape index (κ1) is 16.9. The second kappa shape index (κ2) is 7.30. The van der Waals surface area contributed by atoms with Gasteiger partial charge in [0.25, 0.3) is 5.91 Å². The van der Waals surface area contributed by atoms with E-state index in [1.165, 1.54) is 11.3 Å². The number of carbonyl (C=O) groups excluding carboxylic acids is 1. The number of amides is 1. The van der Waals surface area contributed by atoms with Gasteiger partial charge in [-0.3, -0.25) is 10.1 Å².